The van der Waals surface area contributed by atoms with Crippen LogP contribution < -0.4 is 0 Å². The summed E-state index contributed by atoms with van der Waals surface area (Å²) in [7, 11) is -2.15. The normalized spacial score (nSPS) is 15.2. The highest BCUT2D eigenvalue weighted by Crippen LogP contribution is 2.39. The molecule has 0 amide bonds. The zero-order valence-corrected chi connectivity index (χ0v) is 23.7. The fourth-order valence-electron chi connectivity index (χ4n) is 1.94. The van der Waals surface area contributed by atoms with E-state index in [1.54, 1.807) is 6.08 Å². The second-order valence-corrected chi connectivity index (χ2v) is 17.9. The van der Waals surface area contributed by atoms with Gasteiger partial charge in [0, 0.05) is 0 Å². The lowest BCUT2D eigenvalue weighted by atomic mass is 9.99. The summed E-state index contributed by atoms with van der Waals surface area (Å²) in [6, 6.07) is 0. The highest BCUT2D eigenvalue weighted by Gasteiger charge is 2.41. The number of halogens is 6. The summed E-state index contributed by atoms with van der Waals surface area (Å²) >= 11 is 34.1. The van der Waals surface area contributed by atoms with Crippen molar-refractivity contribution in [1.82, 2.24) is 0 Å². The molecule has 2 N–H and O–H groups in total. The molecule has 0 aromatic heterocycles. The summed E-state index contributed by atoms with van der Waals surface area (Å²) < 4.78 is 13.3. The van der Waals surface area contributed by atoms with Crippen molar-refractivity contribution in [2.75, 3.05) is 13.2 Å². The Kier molecular flexibility index (Phi) is 11.9. The van der Waals surface area contributed by atoms with E-state index in [-0.39, 0.29) is 30.3 Å². The fourth-order valence-corrected chi connectivity index (χ4v) is 3.68. The van der Waals surface area contributed by atoms with E-state index >= 15 is 0 Å². The van der Waals surface area contributed by atoms with Crippen LogP contribution in [0.2, 0.25) is 18.1 Å². The van der Waals surface area contributed by atoms with Crippen molar-refractivity contribution in [1.29, 1.82) is 10.8 Å². The molecule has 1 unspecified atom stereocenters. The molecular formula is C18H30Cl6N2O3Si. The third kappa shape index (κ3) is 10.5. The molecule has 0 aromatic rings. The monoisotopic (exact) mass is 560 g/mol. The van der Waals surface area contributed by atoms with Crippen LogP contribution in [-0.2, 0) is 13.9 Å². The van der Waals surface area contributed by atoms with Gasteiger partial charge in [0.2, 0.25) is 11.8 Å². The van der Waals surface area contributed by atoms with Gasteiger partial charge in [-0.2, -0.15) is 0 Å². The van der Waals surface area contributed by atoms with Gasteiger partial charge in [0.15, 0.2) is 8.32 Å². The summed E-state index contributed by atoms with van der Waals surface area (Å²) in [5, 5.41) is 15.4. The molecule has 1 atom stereocenters. The summed E-state index contributed by atoms with van der Waals surface area (Å²) in [6.45, 7) is 14.6. The second-order valence-electron chi connectivity index (χ2n) is 8.58. The van der Waals surface area contributed by atoms with Crippen molar-refractivity contribution in [2.24, 2.45) is 5.92 Å². The molecule has 0 heterocycles. The number of hydrogen-bond donors (Lipinski definition) is 2. The van der Waals surface area contributed by atoms with E-state index in [0.29, 0.717) is 5.57 Å². The number of hydrogen-bond acceptors (Lipinski definition) is 5. The minimum Gasteiger partial charge on any atom is -0.474 e. The molecular weight excluding hydrogens is 533 g/mol. The maximum absolute atomic E-state index is 7.79. The molecule has 30 heavy (non-hydrogen) atoms. The van der Waals surface area contributed by atoms with Crippen molar-refractivity contribution in [3.05, 3.63) is 11.6 Å². The molecule has 12 heteroatoms. The molecule has 0 aliphatic rings. The fraction of sp³-hybridized carbons (Fsp3) is 0.778. The lowest BCUT2D eigenvalue weighted by Crippen LogP contribution is -2.46. The number of ether oxygens (including phenoxy) is 2. The quantitative estimate of drug-likeness (QED) is 0.105. The molecule has 0 saturated heterocycles. The van der Waals surface area contributed by atoms with Crippen molar-refractivity contribution in [3.63, 3.8) is 0 Å². The summed E-state index contributed by atoms with van der Waals surface area (Å²) in [5.41, 5.74) is 0.672. The lowest BCUT2D eigenvalue weighted by Gasteiger charge is -2.41. The van der Waals surface area contributed by atoms with Crippen LogP contribution in [0, 0.1) is 16.7 Å². The Morgan fingerprint density at radius 2 is 1.33 bits per heavy atom. The Morgan fingerprint density at radius 3 is 1.70 bits per heavy atom. The van der Waals surface area contributed by atoms with Crippen LogP contribution in [0.4, 0.5) is 0 Å². The van der Waals surface area contributed by atoms with Crippen LogP contribution in [0.3, 0.4) is 0 Å². The summed E-state index contributed by atoms with van der Waals surface area (Å²) in [4.78, 5) is 0. The maximum atomic E-state index is 7.79. The van der Waals surface area contributed by atoms with E-state index in [1.165, 1.54) is 0 Å². The van der Waals surface area contributed by atoms with Gasteiger partial charge in [-0.15, -0.1) is 0 Å². The van der Waals surface area contributed by atoms with Crippen LogP contribution >= 0.6 is 69.6 Å². The zero-order chi connectivity index (χ0) is 24.1. The van der Waals surface area contributed by atoms with E-state index in [1.807, 2.05) is 13.8 Å². The zero-order valence-electron chi connectivity index (χ0n) is 18.1. The summed E-state index contributed by atoms with van der Waals surface area (Å²) in [6.07, 6.45) is 1.33. The van der Waals surface area contributed by atoms with E-state index in [9.17, 15) is 0 Å². The average Bonchev–Trinajstić information content (AvgIpc) is 2.52. The highest BCUT2D eigenvalue weighted by molar-refractivity contribution is 6.76. The standard InChI is InChI=1S/C18H30Cl6N2O3Si/c1-11(2)13(29-30(6,7)16(3,4)5)12(10-28-15(26)18(22,23)24)8-9-27-14(25)17(19,20)21/h8,11,13,25-26H,9-10H2,1-7H3/b12-8+,25-14?,26-15?. The second kappa shape index (κ2) is 11.6. The lowest BCUT2D eigenvalue weighted by molar-refractivity contribution is 0.149. The first kappa shape index (κ1) is 30.6. The predicted octanol–water partition coefficient (Wildman–Crippen LogP) is 7.69. The van der Waals surface area contributed by atoms with Crippen molar-refractivity contribution < 1.29 is 13.9 Å². The summed E-state index contributed by atoms with van der Waals surface area (Å²) in [5.74, 6) is -0.948. The van der Waals surface area contributed by atoms with Crippen LogP contribution in [0.5, 0.6) is 0 Å². The highest BCUT2D eigenvalue weighted by atomic mass is 35.6. The van der Waals surface area contributed by atoms with Gasteiger partial charge in [0.1, 0.15) is 13.2 Å². The Bertz CT molecular complexity index is 637. The van der Waals surface area contributed by atoms with Crippen LogP contribution in [0.15, 0.2) is 11.6 Å². The van der Waals surface area contributed by atoms with E-state index in [0.717, 1.165) is 0 Å². The molecule has 0 rings (SSSR count). The molecule has 0 radical (unpaired) electrons. The third-order valence-corrected chi connectivity index (χ3v) is 10.2. The van der Waals surface area contributed by atoms with Gasteiger partial charge in [-0.25, -0.2) is 0 Å². The SMILES string of the molecule is CC(C)C(O[Si](C)(C)C(C)(C)C)/C(=C/COC(=N)C(Cl)(Cl)Cl)COC(=N)C(Cl)(Cl)Cl. The van der Waals surface area contributed by atoms with Crippen LogP contribution in [0.25, 0.3) is 0 Å². The van der Waals surface area contributed by atoms with E-state index in [4.69, 9.17) is 94.3 Å². The molecule has 0 aliphatic heterocycles. The van der Waals surface area contributed by atoms with Crippen LogP contribution in [0.1, 0.15) is 34.6 Å². The number of alkyl halides is 6. The van der Waals surface area contributed by atoms with Gasteiger partial charge in [0.25, 0.3) is 7.59 Å². The number of nitrogens with one attached hydrogen (secondary N) is 2. The molecule has 0 spiro atoms. The third-order valence-electron chi connectivity index (χ3n) is 4.67. The molecule has 5 nitrogen and oxygen atoms in total. The maximum Gasteiger partial charge on any atom is 0.265 e. The van der Waals surface area contributed by atoms with Gasteiger partial charge in [-0.1, -0.05) is 104 Å². The molecule has 0 fully saturated rings. The first-order valence-electron chi connectivity index (χ1n) is 9.14. The first-order chi connectivity index (χ1) is 13.2. The topological polar surface area (TPSA) is 75.4 Å². The predicted molar refractivity (Wildman–Crippen MR) is 133 cm³/mol. The number of rotatable bonds is 8. The minimum atomic E-state index is -2.15. The van der Waals surface area contributed by atoms with Gasteiger partial charge in [0.05, 0.1) is 6.10 Å². The molecule has 0 aromatic carbocycles. The Labute approximate surface area is 210 Å². The molecule has 176 valence electrons. The Balaban J connectivity index is 5.75. The van der Waals surface area contributed by atoms with Gasteiger partial charge in [-0.3, -0.25) is 10.8 Å². The van der Waals surface area contributed by atoms with Crippen molar-refractivity contribution in [2.45, 2.75) is 66.4 Å². The van der Waals surface area contributed by atoms with Gasteiger partial charge in [-0.05, 0) is 35.7 Å². The van der Waals surface area contributed by atoms with Gasteiger partial charge >= 0.3 is 0 Å². The van der Waals surface area contributed by atoms with Gasteiger partial charge < -0.3 is 13.9 Å². The van der Waals surface area contributed by atoms with Crippen molar-refractivity contribution >= 4 is 89.7 Å². The first-order valence-corrected chi connectivity index (χ1v) is 14.3. The molecule has 0 saturated carbocycles. The minimum absolute atomic E-state index is 0.0233. The molecule has 0 aliphatic carbocycles. The smallest absolute Gasteiger partial charge is 0.265 e. The Hall–Kier alpha value is 0.597. The van der Waals surface area contributed by atoms with E-state index < -0.39 is 27.7 Å². The van der Waals surface area contributed by atoms with E-state index in [2.05, 4.69) is 33.9 Å². The van der Waals surface area contributed by atoms with Crippen molar-refractivity contribution in [3.8, 4) is 0 Å². The molecule has 0 bridgehead atoms. The Morgan fingerprint density at radius 1 is 0.900 bits per heavy atom. The average molecular weight is 563 g/mol. The largest absolute Gasteiger partial charge is 0.474 e. The van der Waals surface area contributed by atoms with Crippen LogP contribution in [-0.4, -0.2) is 47.0 Å².